The van der Waals surface area contributed by atoms with Crippen molar-refractivity contribution in [2.24, 2.45) is 5.73 Å². The quantitative estimate of drug-likeness (QED) is 0.869. The number of hydrogen-bond acceptors (Lipinski definition) is 2. The van der Waals surface area contributed by atoms with Gasteiger partial charge in [-0.25, -0.2) is 4.39 Å². The largest absolute Gasteiger partial charge is 0.382 e. The third-order valence-electron chi connectivity index (χ3n) is 2.76. The summed E-state index contributed by atoms with van der Waals surface area (Å²) in [6.45, 7) is 0. The smallest absolute Gasteiger partial charge is 0.137 e. The molecule has 0 aliphatic heterocycles. The van der Waals surface area contributed by atoms with Gasteiger partial charge in [0, 0.05) is 17.8 Å². The molecule has 4 heteroatoms. The number of anilines is 1. The maximum absolute atomic E-state index is 13.0. The first-order chi connectivity index (χ1) is 7.15. The number of nitrogens with one attached hydrogen (secondary N) is 1. The van der Waals surface area contributed by atoms with Gasteiger partial charge in [0.25, 0.3) is 0 Å². The fourth-order valence-electron chi connectivity index (χ4n) is 1.97. The highest BCUT2D eigenvalue weighted by Crippen LogP contribution is 2.24. The van der Waals surface area contributed by atoms with Crippen LogP contribution in [0.5, 0.6) is 0 Å². The molecule has 0 saturated heterocycles. The van der Waals surface area contributed by atoms with Crippen molar-refractivity contribution in [3.63, 3.8) is 0 Å². The third kappa shape index (κ3) is 2.69. The molecule has 3 N–H and O–H groups in total. The molecule has 1 fully saturated rings. The van der Waals surface area contributed by atoms with E-state index in [0.717, 1.165) is 24.9 Å². The molecule has 1 aliphatic carbocycles. The van der Waals surface area contributed by atoms with Crippen LogP contribution in [-0.2, 0) is 0 Å². The van der Waals surface area contributed by atoms with Crippen molar-refractivity contribution in [3.8, 4) is 0 Å². The summed E-state index contributed by atoms with van der Waals surface area (Å²) < 4.78 is 13.5. The van der Waals surface area contributed by atoms with Crippen LogP contribution in [0.4, 0.5) is 10.1 Å². The first kappa shape index (κ1) is 10.9. The first-order valence-electron chi connectivity index (χ1n) is 5.12. The molecular weight excluding hydrogens is 259 g/mol. The lowest BCUT2D eigenvalue weighted by Crippen LogP contribution is -2.20. The highest BCUT2D eigenvalue weighted by molar-refractivity contribution is 9.10. The highest BCUT2D eigenvalue weighted by atomic mass is 79.9. The molecule has 0 amide bonds. The molecule has 2 unspecified atom stereocenters. The van der Waals surface area contributed by atoms with Gasteiger partial charge in [0.05, 0.1) is 4.47 Å². The second kappa shape index (κ2) is 4.49. The van der Waals surface area contributed by atoms with Gasteiger partial charge < -0.3 is 11.1 Å². The zero-order chi connectivity index (χ0) is 10.8. The summed E-state index contributed by atoms with van der Waals surface area (Å²) in [7, 11) is 0. The number of nitrogens with two attached hydrogens (primary N) is 1. The minimum absolute atomic E-state index is 0.233. The summed E-state index contributed by atoms with van der Waals surface area (Å²) in [4.78, 5) is 0. The topological polar surface area (TPSA) is 38.0 Å². The number of hydrogen-bond donors (Lipinski definition) is 2. The van der Waals surface area contributed by atoms with Crippen molar-refractivity contribution in [2.75, 3.05) is 5.32 Å². The summed E-state index contributed by atoms with van der Waals surface area (Å²) in [6, 6.07) is 5.72. The molecule has 0 bridgehead atoms. The van der Waals surface area contributed by atoms with Crippen molar-refractivity contribution in [2.45, 2.75) is 31.3 Å². The van der Waals surface area contributed by atoms with Crippen molar-refractivity contribution in [1.29, 1.82) is 0 Å². The van der Waals surface area contributed by atoms with Crippen LogP contribution in [0.15, 0.2) is 22.7 Å². The van der Waals surface area contributed by atoms with Crippen LogP contribution < -0.4 is 11.1 Å². The normalized spacial score (nSPS) is 25.5. The molecule has 0 heterocycles. The van der Waals surface area contributed by atoms with Gasteiger partial charge in [0.2, 0.25) is 0 Å². The Labute approximate surface area is 97.2 Å². The molecule has 2 rings (SSSR count). The Kier molecular flexibility index (Phi) is 3.26. The number of benzene rings is 1. The van der Waals surface area contributed by atoms with Crippen LogP contribution in [0.2, 0.25) is 0 Å². The molecule has 1 aromatic rings. The molecule has 2 nitrogen and oxygen atoms in total. The Hall–Kier alpha value is -0.610. The predicted octanol–water partition coefficient (Wildman–Crippen LogP) is 2.88. The van der Waals surface area contributed by atoms with E-state index in [4.69, 9.17) is 5.73 Å². The molecule has 15 heavy (non-hydrogen) atoms. The molecule has 0 aromatic heterocycles. The number of halogens is 2. The molecule has 2 atom stereocenters. The Balaban J connectivity index is 2.02. The lowest BCUT2D eigenvalue weighted by Gasteiger charge is -2.14. The third-order valence-corrected chi connectivity index (χ3v) is 3.37. The standard InChI is InChI=1S/C11H14BrFN2/c12-10-6-9(3-4-11(10)13)15-8-2-1-7(14)5-8/h3-4,6-8,15H,1-2,5,14H2. The fraction of sp³-hybridized carbons (Fsp3) is 0.455. The van der Waals surface area contributed by atoms with Crippen molar-refractivity contribution in [1.82, 2.24) is 0 Å². The van der Waals surface area contributed by atoms with Crippen LogP contribution in [0.3, 0.4) is 0 Å². The lowest BCUT2D eigenvalue weighted by molar-refractivity contribution is 0.621. The average molecular weight is 273 g/mol. The Morgan fingerprint density at radius 2 is 2.20 bits per heavy atom. The van der Waals surface area contributed by atoms with Gasteiger partial charge in [-0.1, -0.05) is 0 Å². The second-order valence-corrected chi connectivity index (χ2v) is 4.90. The van der Waals surface area contributed by atoms with Crippen LogP contribution >= 0.6 is 15.9 Å². The van der Waals surface area contributed by atoms with Gasteiger partial charge in [-0.15, -0.1) is 0 Å². The van der Waals surface area contributed by atoms with Gasteiger partial charge >= 0.3 is 0 Å². The van der Waals surface area contributed by atoms with Crippen LogP contribution in [0.25, 0.3) is 0 Å². The van der Waals surface area contributed by atoms with Crippen LogP contribution in [-0.4, -0.2) is 12.1 Å². The predicted molar refractivity (Wildman–Crippen MR) is 63.3 cm³/mol. The van der Waals surface area contributed by atoms with Gasteiger partial charge in [-0.3, -0.25) is 0 Å². The monoisotopic (exact) mass is 272 g/mol. The summed E-state index contributed by atoms with van der Waals surface area (Å²) in [6.07, 6.45) is 3.16. The zero-order valence-corrected chi connectivity index (χ0v) is 9.93. The maximum Gasteiger partial charge on any atom is 0.137 e. The van der Waals surface area contributed by atoms with Crippen LogP contribution in [0, 0.1) is 5.82 Å². The molecule has 1 aromatic carbocycles. The van der Waals surface area contributed by atoms with Gasteiger partial charge in [0.15, 0.2) is 0 Å². The molecule has 1 saturated carbocycles. The average Bonchev–Trinajstić information content (AvgIpc) is 2.58. The van der Waals surface area contributed by atoms with Gasteiger partial charge in [0.1, 0.15) is 5.82 Å². The van der Waals surface area contributed by atoms with E-state index < -0.39 is 0 Å². The lowest BCUT2D eigenvalue weighted by atomic mass is 10.2. The molecule has 82 valence electrons. The van der Waals surface area contributed by atoms with Crippen LogP contribution in [0.1, 0.15) is 19.3 Å². The molecule has 1 aliphatic rings. The summed E-state index contributed by atoms with van der Waals surface area (Å²) in [5.41, 5.74) is 6.77. The minimum atomic E-state index is -0.233. The van der Waals surface area contributed by atoms with E-state index >= 15 is 0 Å². The van der Waals surface area contributed by atoms with Crippen molar-refractivity contribution < 1.29 is 4.39 Å². The minimum Gasteiger partial charge on any atom is -0.382 e. The Morgan fingerprint density at radius 3 is 2.80 bits per heavy atom. The molecule has 0 spiro atoms. The van der Waals surface area contributed by atoms with E-state index in [1.807, 2.05) is 0 Å². The summed E-state index contributed by atoms with van der Waals surface area (Å²) >= 11 is 3.17. The van der Waals surface area contributed by atoms with E-state index in [2.05, 4.69) is 21.2 Å². The maximum atomic E-state index is 13.0. The van der Waals surface area contributed by atoms with E-state index in [-0.39, 0.29) is 5.82 Å². The van der Waals surface area contributed by atoms with E-state index in [9.17, 15) is 4.39 Å². The second-order valence-electron chi connectivity index (χ2n) is 4.04. The zero-order valence-electron chi connectivity index (χ0n) is 8.34. The van der Waals surface area contributed by atoms with Crippen molar-refractivity contribution >= 4 is 21.6 Å². The van der Waals surface area contributed by atoms with E-state index in [1.165, 1.54) is 6.07 Å². The molecule has 0 radical (unpaired) electrons. The van der Waals surface area contributed by atoms with Crippen molar-refractivity contribution in [3.05, 3.63) is 28.5 Å². The van der Waals surface area contributed by atoms with E-state index in [0.29, 0.717) is 16.6 Å². The van der Waals surface area contributed by atoms with Gasteiger partial charge in [-0.2, -0.15) is 0 Å². The van der Waals surface area contributed by atoms with Gasteiger partial charge in [-0.05, 0) is 53.4 Å². The number of rotatable bonds is 2. The fourth-order valence-corrected chi connectivity index (χ4v) is 2.35. The highest BCUT2D eigenvalue weighted by Gasteiger charge is 2.21. The first-order valence-corrected chi connectivity index (χ1v) is 5.91. The SMILES string of the molecule is NC1CCC(Nc2ccc(F)c(Br)c2)C1. The molecular formula is C11H14BrFN2. The summed E-state index contributed by atoms with van der Waals surface area (Å²) in [5.74, 6) is -0.233. The summed E-state index contributed by atoms with van der Waals surface area (Å²) in [5, 5.41) is 3.36. The van der Waals surface area contributed by atoms with E-state index in [1.54, 1.807) is 12.1 Å². The Bertz CT molecular complexity index is 356. The Morgan fingerprint density at radius 1 is 1.40 bits per heavy atom.